The number of hydrogen-bond acceptors (Lipinski definition) is 0. The summed E-state index contributed by atoms with van der Waals surface area (Å²) in [5, 5.41) is 0. The molecule has 0 radical (unpaired) electrons. The van der Waals surface area contributed by atoms with Crippen LogP contribution in [-0.2, 0) is 0 Å². The van der Waals surface area contributed by atoms with Crippen LogP contribution in [0.5, 0.6) is 0 Å². The van der Waals surface area contributed by atoms with Crippen molar-refractivity contribution in [1.29, 1.82) is 0 Å². The Labute approximate surface area is 157 Å². The fraction of sp³-hybridized carbons (Fsp3) is 0.0400. The van der Waals surface area contributed by atoms with Crippen molar-refractivity contribution in [3.8, 4) is 33.4 Å². The highest BCUT2D eigenvalue weighted by Gasteiger charge is 2.08. The normalized spacial score (nSPS) is 10.8. The molecule has 0 saturated carbocycles. The van der Waals surface area contributed by atoms with E-state index in [1.54, 1.807) is 24.3 Å². The topological polar surface area (TPSA) is 0 Å². The fourth-order valence-corrected chi connectivity index (χ4v) is 3.24. The van der Waals surface area contributed by atoms with Crippen LogP contribution < -0.4 is 0 Å². The lowest BCUT2D eigenvalue weighted by Crippen LogP contribution is -1.87. The first kappa shape index (κ1) is 17.2. The van der Waals surface area contributed by atoms with E-state index in [9.17, 15) is 8.78 Å². The van der Waals surface area contributed by atoms with Crippen LogP contribution in [0.25, 0.3) is 33.4 Å². The van der Waals surface area contributed by atoms with E-state index in [-0.39, 0.29) is 11.6 Å². The predicted molar refractivity (Wildman–Crippen MR) is 107 cm³/mol. The summed E-state index contributed by atoms with van der Waals surface area (Å²) in [6, 6.07) is 27.5. The van der Waals surface area contributed by atoms with Crippen LogP contribution in [0.15, 0.2) is 91.0 Å². The molecule has 0 atom stereocenters. The van der Waals surface area contributed by atoms with Crippen LogP contribution in [0.2, 0.25) is 0 Å². The summed E-state index contributed by atoms with van der Waals surface area (Å²) in [5.74, 6) is -0.514. The Kier molecular flexibility index (Phi) is 4.55. The van der Waals surface area contributed by atoms with Gasteiger partial charge in [-0.1, -0.05) is 54.1 Å². The molecule has 0 aliphatic carbocycles. The molecule has 132 valence electrons. The van der Waals surface area contributed by atoms with Gasteiger partial charge in [0, 0.05) is 0 Å². The van der Waals surface area contributed by atoms with E-state index in [0.717, 1.165) is 33.4 Å². The van der Waals surface area contributed by atoms with Crippen LogP contribution in [0.1, 0.15) is 5.56 Å². The first-order valence-corrected chi connectivity index (χ1v) is 8.82. The van der Waals surface area contributed by atoms with Crippen molar-refractivity contribution < 1.29 is 8.78 Å². The maximum atomic E-state index is 13.3. The van der Waals surface area contributed by atoms with E-state index in [2.05, 4.69) is 43.3 Å². The quantitative estimate of drug-likeness (QED) is 0.362. The molecule has 2 heteroatoms. The molecule has 0 fully saturated rings. The zero-order valence-electron chi connectivity index (χ0n) is 14.9. The third kappa shape index (κ3) is 3.80. The maximum absolute atomic E-state index is 13.3. The summed E-state index contributed by atoms with van der Waals surface area (Å²) >= 11 is 0. The predicted octanol–water partition coefficient (Wildman–Crippen LogP) is 7.27. The highest BCUT2D eigenvalue weighted by Crippen LogP contribution is 2.33. The van der Waals surface area contributed by atoms with Crippen molar-refractivity contribution >= 4 is 0 Å². The Morgan fingerprint density at radius 2 is 0.889 bits per heavy atom. The van der Waals surface area contributed by atoms with Crippen molar-refractivity contribution in [3.63, 3.8) is 0 Å². The van der Waals surface area contributed by atoms with Crippen LogP contribution >= 0.6 is 0 Å². The van der Waals surface area contributed by atoms with Gasteiger partial charge in [-0.25, -0.2) is 8.78 Å². The van der Waals surface area contributed by atoms with E-state index in [1.165, 1.54) is 29.8 Å². The summed E-state index contributed by atoms with van der Waals surface area (Å²) in [4.78, 5) is 0. The van der Waals surface area contributed by atoms with E-state index in [1.807, 2.05) is 6.07 Å². The molecule has 4 aromatic carbocycles. The van der Waals surface area contributed by atoms with Crippen LogP contribution in [-0.4, -0.2) is 0 Å². The Balaban J connectivity index is 1.90. The van der Waals surface area contributed by atoms with Crippen molar-refractivity contribution in [3.05, 3.63) is 108 Å². The summed E-state index contributed by atoms with van der Waals surface area (Å²) in [5.41, 5.74) is 7.23. The van der Waals surface area contributed by atoms with Gasteiger partial charge in [-0.2, -0.15) is 0 Å². The molecule has 4 aromatic rings. The molecule has 0 bridgehead atoms. The van der Waals surface area contributed by atoms with Gasteiger partial charge in [-0.05, 0) is 82.8 Å². The Hall–Kier alpha value is -3.26. The van der Waals surface area contributed by atoms with Crippen molar-refractivity contribution in [2.24, 2.45) is 0 Å². The molecule has 0 aliphatic rings. The summed E-state index contributed by atoms with van der Waals surface area (Å²) in [6.45, 7) is 2.06. The Bertz CT molecular complexity index is 1010. The van der Waals surface area contributed by atoms with Crippen molar-refractivity contribution in [1.82, 2.24) is 0 Å². The molecule has 0 aliphatic heterocycles. The Morgan fingerprint density at radius 3 is 1.33 bits per heavy atom. The highest BCUT2D eigenvalue weighted by atomic mass is 19.1. The van der Waals surface area contributed by atoms with E-state index in [0.29, 0.717) is 0 Å². The average molecular weight is 356 g/mol. The maximum Gasteiger partial charge on any atom is 0.123 e. The third-order valence-corrected chi connectivity index (χ3v) is 4.64. The molecule has 0 saturated heterocycles. The first-order chi connectivity index (χ1) is 13.1. The van der Waals surface area contributed by atoms with Crippen LogP contribution in [0, 0.1) is 18.6 Å². The van der Waals surface area contributed by atoms with Gasteiger partial charge in [0.2, 0.25) is 0 Å². The number of hydrogen-bond donors (Lipinski definition) is 0. The van der Waals surface area contributed by atoms with Gasteiger partial charge in [0.25, 0.3) is 0 Å². The lowest BCUT2D eigenvalue weighted by Gasteiger charge is -2.12. The second-order valence-electron chi connectivity index (χ2n) is 6.68. The zero-order chi connectivity index (χ0) is 18.8. The molecule has 0 unspecified atom stereocenters. The average Bonchev–Trinajstić information content (AvgIpc) is 2.69. The minimum Gasteiger partial charge on any atom is -0.207 e. The number of benzene rings is 4. The van der Waals surface area contributed by atoms with Gasteiger partial charge < -0.3 is 0 Å². The lowest BCUT2D eigenvalue weighted by atomic mass is 9.93. The van der Waals surface area contributed by atoms with E-state index < -0.39 is 0 Å². The van der Waals surface area contributed by atoms with E-state index >= 15 is 0 Å². The second-order valence-corrected chi connectivity index (χ2v) is 6.68. The van der Waals surface area contributed by atoms with Gasteiger partial charge in [0.05, 0.1) is 0 Å². The SMILES string of the molecule is Cc1cccc(-c2cc(-c3ccc(F)cc3)cc(-c3ccc(F)cc3)c2)c1. The van der Waals surface area contributed by atoms with Crippen molar-refractivity contribution in [2.45, 2.75) is 6.92 Å². The summed E-state index contributed by atoms with van der Waals surface area (Å²) < 4.78 is 26.7. The van der Waals surface area contributed by atoms with E-state index in [4.69, 9.17) is 0 Å². The molecule has 0 aromatic heterocycles. The van der Waals surface area contributed by atoms with Gasteiger partial charge >= 0.3 is 0 Å². The molecule has 0 N–H and O–H groups in total. The molecule has 0 spiro atoms. The zero-order valence-corrected chi connectivity index (χ0v) is 14.9. The molecular weight excluding hydrogens is 338 g/mol. The third-order valence-electron chi connectivity index (χ3n) is 4.64. The molecular formula is C25H18F2. The second kappa shape index (κ2) is 7.16. The minimum absolute atomic E-state index is 0.257. The molecule has 27 heavy (non-hydrogen) atoms. The minimum atomic E-state index is -0.257. The van der Waals surface area contributed by atoms with Gasteiger partial charge in [-0.3, -0.25) is 0 Å². The smallest absolute Gasteiger partial charge is 0.123 e. The fourth-order valence-electron chi connectivity index (χ4n) is 3.24. The standard InChI is InChI=1S/C25H18F2/c1-17-3-2-4-20(13-17)23-15-21(18-5-9-24(26)10-6-18)14-22(16-23)19-7-11-25(27)12-8-19/h2-16H,1H3. The first-order valence-electron chi connectivity index (χ1n) is 8.82. The highest BCUT2D eigenvalue weighted by molar-refractivity contribution is 5.81. The van der Waals surface area contributed by atoms with Gasteiger partial charge in [-0.15, -0.1) is 0 Å². The summed E-state index contributed by atoms with van der Waals surface area (Å²) in [7, 11) is 0. The van der Waals surface area contributed by atoms with Gasteiger partial charge in [0.15, 0.2) is 0 Å². The van der Waals surface area contributed by atoms with Crippen molar-refractivity contribution in [2.75, 3.05) is 0 Å². The van der Waals surface area contributed by atoms with Gasteiger partial charge in [0.1, 0.15) is 11.6 Å². The molecule has 0 heterocycles. The largest absolute Gasteiger partial charge is 0.207 e. The molecule has 4 rings (SSSR count). The molecule has 0 amide bonds. The number of aryl methyl sites for hydroxylation is 1. The Morgan fingerprint density at radius 1 is 0.444 bits per heavy atom. The van der Waals surface area contributed by atoms with Crippen LogP contribution in [0.4, 0.5) is 8.78 Å². The number of rotatable bonds is 3. The summed E-state index contributed by atoms with van der Waals surface area (Å²) in [6.07, 6.45) is 0. The van der Waals surface area contributed by atoms with Crippen LogP contribution in [0.3, 0.4) is 0 Å². The monoisotopic (exact) mass is 356 g/mol. The lowest BCUT2D eigenvalue weighted by molar-refractivity contribution is 0.627. The molecule has 0 nitrogen and oxygen atoms in total. The number of halogens is 2.